The molecule has 0 aliphatic heterocycles. The Kier molecular flexibility index (Phi) is 51.7. The first-order valence-corrected chi connectivity index (χ1v) is 27.7. The summed E-state index contributed by atoms with van der Waals surface area (Å²) in [6.45, 7) is 4.33. The number of rotatable bonds is 51. The van der Waals surface area contributed by atoms with Crippen molar-refractivity contribution in [3.63, 3.8) is 0 Å². The molecule has 4 nitrogen and oxygen atoms in total. The average molecular weight is 857 g/mol. The summed E-state index contributed by atoms with van der Waals surface area (Å²) in [4.78, 5) is 12.5. The van der Waals surface area contributed by atoms with Crippen LogP contribution >= 0.6 is 0 Å². The van der Waals surface area contributed by atoms with Crippen LogP contribution in [-0.4, -0.2) is 34.9 Å². The van der Waals surface area contributed by atoms with Crippen LogP contribution in [0.15, 0.2) is 36.5 Å². The van der Waals surface area contributed by atoms with Crippen molar-refractivity contribution in [1.29, 1.82) is 0 Å². The molecule has 0 saturated carbocycles. The second kappa shape index (κ2) is 53.0. The number of allylic oxidation sites excluding steroid dienone is 5. The fourth-order valence-electron chi connectivity index (χ4n) is 8.63. The highest BCUT2D eigenvalue weighted by Gasteiger charge is 2.18. The number of aliphatic hydroxyl groups is 2. The van der Waals surface area contributed by atoms with Crippen LogP contribution in [0.25, 0.3) is 0 Å². The van der Waals surface area contributed by atoms with E-state index in [2.05, 4.69) is 43.5 Å². The molecule has 0 rings (SSSR count). The summed E-state index contributed by atoms with van der Waals surface area (Å²) in [7, 11) is 0. The van der Waals surface area contributed by atoms with Crippen LogP contribution in [0, 0.1) is 0 Å². The van der Waals surface area contributed by atoms with Gasteiger partial charge in [-0.15, -0.1) is 0 Å². The van der Waals surface area contributed by atoms with Crippen LogP contribution in [0.4, 0.5) is 0 Å². The average Bonchev–Trinajstić information content (AvgIpc) is 3.26. The normalized spacial score (nSPS) is 13.0. The summed E-state index contributed by atoms with van der Waals surface area (Å²) in [5.74, 6) is -0.0722. The number of amides is 1. The van der Waals surface area contributed by atoms with Gasteiger partial charge in [0.15, 0.2) is 0 Å². The zero-order valence-corrected chi connectivity index (χ0v) is 41.4. The molecular weight excluding hydrogens is 747 g/mol. The van der Waals surface area contributed by atoms with E-state index in [9.17, 15) is 15.0 Å². The highest BCUT2D eigenvalue weighted by Crippen LogP contribution is 2.17. The monoisotopic (exact) mass is 856 g/mol. The minimum atomic E-state index is -0.869. The Hall–Kier alpha value is -1.39. The highest BCUT2D eigenvalue weighted by molar-refractivity contribution is 5.76. The molecule has 0 heterocycles. The quantitative estimate of drug-likeness (QED) is 0.0422. The van der Waals surface area contributed by atoms with Gasteiger partial charge in [0.05, 0.1) is 18.8 Å². The van der Waals surface area contributed by atoms with E-state index in [1.54, 1.807) is 6.08 Å². The molecule has 3 N–H and O–H groups in total. The van der Waals surface area contributed by atoms with Gasteiger partial charge in [0.1, 0.15) is 0 Å². The second-order valence-corrected chi connectivity index (χ2v) is 19.0. The number of nitrogens with one attached hydrogen (secondary N) is 1. The predicted octanol–water partition coefficient (Wildman–Crippen LogP) is 18.1. The molecule has 0 saturated heterocycles. The minimum Gasteiger partial charge on any atom is -0.394 e. The maximum Gasteiger partial charge on any atom is 0.220 e. The van der Waals surface area contributed by atoms with Crippen molar-refractivity contribution in [3.8, 4) is 0 Å². The predicted molar refractivity (Wildman–Crippen MR) is 272 cm³/mol. The molecule has 0 aromatic carbocycles. The van der Waals surface area contributed by atoms with Crippen LogP contribution in [0.3, 0.4) is 0 Å². The van der Waals surface area contributed by atoms with Gasteiger partial charge < -0.3 is 15.5 Å². The third-order valence-corrected chi connectivity index (χ3v) is 12.9. The maximum atomic E-state index is 12.5. The molecular formula is C57H109NO3. The lowest BCUT2D eigenvalue weighted by atomic mass is 10.0. The maximum absolute atomic E-state index is 12.5. The Morgan fingerprint density at radius 3 is 0.951 bits per heavy atom. The van der Waals surface area contributed by atoms with Gasteiger partial charge in [0.25, 0.3) is 0 Å². The number of unbranched alkanes of at least 4 members (excludes halogenated alkanes) is 40. The largest absolute Gasteiger partial charge is 0.394 e. The summed E-state index contributed by atoms with van der Waals surface area (Å²) in [5.41, 5.74) is 0. The van der Waals surface area contributed by atoms with E-state index < -0.39 is 12.1 Å². The van der Waals surface area contributed by atoms with Crippen LogP contribution in [0.2, 0.25) is 0 Å². The van der Waals surface area contributed by atoms with Gasteiger partial charge in [0, 0.05) is 6.42 Å². The van der Waals surface area contributed by atoms with Crippen LogP contribution in [-0.2, 0) is 4.79 Å². The highest BCUT2D eigenvalue weighted by atomic mass is 16.3. The molecule has 0 fully saturated rings. The van der Waals surface area contributed by atoms with E-state index >= 15 is 0 Å². The van der Waals surface area contributed by atoms with Gasteiger partial charge in [-0.2, -0.15) is 0 Å². The van der Waals surface area contributed by atoms with Crippen LogP contribution in [0.1, 0.15) is 303 Å². The standard InChI is InChI=1S/C57H109NO3/c1-3-5-7-9-11-13-15-17-19-21-23-25-27-28-29-31-32-34-36-38-40-42-44-46-48-50-52-56(60)55(54-59)58-57(61)53-51-49-47-45-43-41-39-37-35-33-30-26-24-22-20-18-16-14-12-10-8-6-4-2/h34,36,42,44,50,52,55-56,59-60H,3-33,35,37-41,43,45-49,51,53-54H2,1-2H3,(H,58,61)/b36-34+,44-42+,52-50+. The SMILES string of the molecule is CCCCCCCCCCCCCCCCCC/C=C/CC/C=C/CC/C=C/C(O)C(CO)NC(=O)CCCCCCCCCCCCCCCCCCCCCCCCC. The molecule has 0 aromatic rings. The first kappa shape index (κ1) is 59.6. The van der Waals surface area contributed by atoms with Crippen molar-refractivity contribution in [1.82, 2.24) is 5.32 Å². The Morgan fingerprint density at radius 1 is 0.377 bits per heavy atom. The van der Waals surface area contributed by atoms with E-state index in [0.717, 1.165) is 38.5 Å². The topological polar surface area (TPSA) is 69.6 Å². The van der Waals surface area contributed by atoms with Gasteiger partial charge in [-0.1, -0.05) is 288 Å². The first-order chi connectivity index (χ1) is 30.2. The van der Waals surface area contributed by atoms with Crippen molar-refractivity contribution in [2.75, 3.05) is 6.61 Å². The Morgan fingerprint density at radius 2 is 0.639 bits per heavy atom. The molecule has 2 atom stereocenters. The zero-order chi connectivity index (χ0) is 44.2. The molecule has 0 aromatic heterocycles. The summed E-state index contributed by atoms with van der Waals surface area (Å²) < 4.78 is 0. The van der Waals surface area contributed by atoms with E-state index in [4.69, 9.17) is 0 Å². The van der Waals surface area contributed by atoms with Crippen molar-refractivity contribution < 1.29 is 15.0 Å². The third kappa shape index (κ3) is 49.5. The molecule has 61 heavy (non-hydrogen) atoms. The molecule has 0 bridgehead atoms. The molecule has 4 heteroatoms. The minimum absolute atomic E-state index is 0.0722. The van der Waals surface area contributed by atoms with Gasteiger partial charge in [0.2, 0.25) is 5.91 Å². The molecule has 0 aliphatic rings. The van der Waals surface area contributed by atoms with Crippen LogP contribution < -0.4 is 5.32 Å². The lowest BCUT2D eigenvalue weighted by Crippen LogP contribution is -2.45. The van der Waals surface area contributed by atoms with E-state index in [1.165, 1.54) is 244 Å². The van der Waals surface area contributed by atoms with Gasteiger partial charge >= 0.3 is 0 Å². The van der Waals surface area contributed by atoms with E-state index in [1.807, 2.05) is 6.08 Å². The fourth-order valence-corrected chi connectivity index (χ4v) is 8.63. The Balaban J connectivity index is 3.54. The van der Waals surface area contributed by atoms with E-state index in [0.29, 0.717) is 6.42 Å². The lowest BCUT2D eigenvalue weighted by molar-refractivity contribution is -0.123. The Bertz CT molecular complexity index is 928. The molecule has 1 amide bonds. The lowest BCUT2D eigenvalue weighted by Gasteiger charge is -2.19. The number of hydrogen-bond acceptors (Lipinski definition) is 3. The van der Waals surface area contributed by atoms with Crippen molar-refractivity contribution in [2.24, 2.45) is 0 Å². The van der Waals surface area contributed by atoms with Gasteiger partial charge in [-0.05, 0) is 44.9 Å². The van der Waals surface area contributed by atoms with Crippen molar-refractivity contribution in [3.05, 3.63) is 36.5 Å². The first-order valence-electron chi connectivity index (χ1n) is 27.7. The van der Waals surface area contributed by atoms with Crippen LogP contribution in [0.5, 0.6) is 0 Å². The number of carbonyl (C=O) groups is 1. The molecule has 0 spiro atoms. The summed E-state index contributed by atoms with van der Waals surface area (Å²) in [5, 5.41) is 23.1. The molecule has 0 aliphatic carbocycles. The molecule has 360 valence electrons. The van der Waals surface area contributed by atoms with Gasteiger partial charge in [-0.25, -0.2) is 0 Å². The molecule has 2 unspecified atom stereocenters. The number of carbonyl (C=O) groups excluding carboxylic acids is 1. The zero-order valence-electron chi connectivity index (χ0n) is 41.4. The number of aliphatic hydroxyl groups excluding tert-OH is 2. The smallest absolute Gasteiger partial charge is 0.220 e. The summed E-state index contributed by atoms with van der Waals surface area (Å²) in [6.07, 6.45) is 71.6. The molecule has 0 radical (unpaired) electrons. The summed E-state index contributed by atoms with van der Waals surface area (Å²) in [6, 6.07) is -0.644. The van der Waals surface area contributed by atoms with Gasteiger partial charge in [-0.3, -0.25) is 4.79 Å². The second-order valence-electron chi connectivity index (χ2n) is 19.0. The third-order valence-electron chi connectivity index (χ3n) is 12.9. The Labute approximate surface area is 382 Å². The summed E-state index contributed by atoms with van der Waals surface area (Å²) >= 11 is 0. The van der Waals surface area contributed by atoms with Crippen molar-refractivity contribution in [2.45, 2.75) is 315 Å². The fraction of sp³-hybridized carbons (Fsp3) is 0.877. The number of hydrogen-bond donors (Lipinski definition) is 3. The van der Waals surface area contributed by atoms with Crippen molar-refractivity contribution >= 4 is 5.91 Å². The van der Waals surface area contributed by atoms with E-state index in [-0.39, 0.29) is 12.5 Å².